The quantitative estimate of drug-likeness (QED) is 0.464. The molecule has 1 aliphatic rings. The van der Waals surface area contributed by atoms with E-state index >= 15 is 0 Å². The van der Waals surface area contributed by atoms with Gasteiger partial charge in [0.1, 0.15) is 12.7 Å². The van der Waals surface area contributed by atoms with Crippen molar-refractivity contribution in [1.29, 1.82) is 0 Å². The van der Waals surface area contributed by atoms with Gasteiger partial charge in [-0.2, -0.15) is 0 Å². The molecule has 0 aromatic heterocycles. The summed E-state index contributed by atoms with van der Waals surface area (Å²) in [4.78, 5) is 10.4. The SMILES string of the molecule is CCCCC[C@@H]1COC(=O)O1. The largest absolute Gasteiger partial charge is 0.508 e. The fraction of sp³-hybridized carbons (Fsp3) is 0.875. The molecule has 0 radical (unpaired) electrons. The van der Waals surface area contributed by atoms with E-state index in [0.29, 0.717) is 6.61 Å². The molecule has 1 saturated heterocycles. The van der Waals surface area contributed by atoms with E-state index in [0.717, 1.165) is 12.8 Å². The molecule has 3 nitrogen and oxygen atoms in total. The lowest BCUT2D eigenvalue weighted by atomic mass is 10.1. The van der Waals surface area contributed by atoms with E-state index in [1.54, 1.807) is 0 Å². The second kappa shape index (κ2) is 4.21. The van der Waals surface area contributed by atoms with Gasteiger partial charge < -0.3 is 9.47 Å². The van der Waals surface area contributed by atoms with Crippen LogP contribution in [0.3, 0.4) is 0 Å². The Hall–Kier alpha value is -0.730. The fourth-order valence-electron chi connectivity index (χ4n) is 1.13. The molecule has 11 heavy (non-hydrogen) atoms. The van der Waals surface area contributed by atoms with Crippen LogP contribution >= 0.6 is 0 Å². The standard InChI is InChI=1S/C8H14O3/c1-2-3-4-5-7-6-10-8(9)11-7/h7H,2-6H2,1H3/t7-/m1/s1. The topological polar surface area (TPSA) is 35.5 Å². The molecule has 0 aromatic rings. The van der Waals surface area contributed by atoms with Crippen LogP contribution in [0.15, 0.2) is 0 Å². The van der Waals surface area contributed by atoms with Crippen molar-refractivity contribution >= 4 is 6.16 Å². The highest BCUT2D eigenvalue weighted by Crippen LogP contribution is 2.13. The summed E-state index contributed by atoms with van der Waals surface area (Å²) in [7, 11) is 0. The van der Waals surface area contributed by atoms with Crippen LogP contribution in [0.4, 0.5) is 4.79 Å². The van der Waals surface area contributed by atoms with Gasteiger partial charge in [-0.05, 0) is 12.8 Å². The third-order valence-corrected chi connectivity index (χ3v) is 1.78. The molecule has 3 heteroatoms. The Labute approximate surface area is 66.7 Å². The van der Waals surface area contributed by atoms with Crippen molar-refractivity contribution in [3.8, 4) is 0 Å². The first-order chi connectivity index (χ1) is 5.33. The van der Waals surface area contributed by atoms with Crippen molar-refractivity contribution in [3.63, 3.8) is 0 Å². The molecular weight excluding hydrogens is 144 g/mol. The van der Waals surface area contributed by atoms with Gasteiger partial charge in [-0.3, -0.25) is 0 Å². The van der Waals surface area contributed by atoms with Crippen molar-refractivity contribution in [2.24, 2.45) is 0 Å². The van der Waals surface area contributed by atoms with Crippen LogP contribution in [0, 0.1) is 0 Å². The van der Waals surface area contributed by atoms with Crippen LogP contribution in [-0.2, 0) is 9.47 Å². The van der Waals surface area contributed by atoms with Gasteiger partial charge in [-0.15, -0.1) is 0 Å². The van der Waals surface area contributed by atoms with Crippen LogP contribution in [0.25, 0.3) is 0 Å². The number of ether oxygens (including phenoxy) is 2. The molecule has 0 spiro atoms. The zero-order valence-electron chi connectivity index (χ0n) is 6.84. The molecule has 1 heterocycles. The number of unbranched alkanes of at least 4 members (excludes halogenated alkanes) is 2. The van der Waals surface area contributed by atoms with Crippen molar-refractivity contribution in [1.82, 2.24) is 0 Å². The summed E-state index contributed by atoms with van der Waals surface area (Å²) in [5, 5.41) is 0. The molecule has 1 aliphatic heterocycles. The summed E-state index contributed by atoms with van der Waals surface area (Å²) in [6.45, 7) is 2.60. The Kier molecular flexibility index (Phi) is 3.20. The maximum atomic E-state index is 10.4. The molecule has 0 amide bonds. The second-order valence-electron chi connectivity index (χ2n) is 2.80. The minimum absolute atomic E-state index is 0.0223. The molecule has 1 rings (SSSR count). The van der Waals surface area contributed by atoms with Crippen LogP contribution in [0.2, 0.25) is 0 Å². The van der Waals surface area contributed by atoms with Crippen molar-refractivity contribution < 1.29 is 14.3 Å². The highest BCUT2D eigenvalue weighted by Gasteiger charge is 2.23. The number of carbonyl (C=O) groups excluding carboxylic acids is 1. The third kappa shape index (κ3) is 2.78. The van der Waals surface area contributed by atoms with Crippen LogP contribution in [0.5, 0.6) is 0 Å². The van der Waals surface area contributed by atoms with Crippen LogP contribution < -0.4 is 0 Å². The van der Waals surface area contributed by atoms with E-state index in [1.807, 2.05) is 0 Å². The van der Waals surface area contributed by atoms with Gasteiger partial charge in [0.25, 0.3) is 0 Å². The van der Waals surface area contributed by atoms with Gasteiger partial charge >= 0.3 is 6.16 Å². The molecule has 1 fully saturated rings. The Morgan fingerprint density at radius 2 is 2.36 bits per heavy atom. The van der Waals surface area contributed by atoms with Gasteiger partial charge in [-0.25, -0.2) is 4.79 Å². The highest BCUT2D eigenvalue weighted by molar-refractivity contribution is 5.61. The van der Waals surface area contributed by atoms with E-state index in [-0.39, 0.29) is 6.10 Å². The first-order valence-corrected chi connectivity index (χ1v) is 4.16. The van der Waals surface area contributed by atoms with E-state index in [1.165, 1.54) is 12.8 Å². The number of hydrogen-bond donors (Lipinski definition) is 0. The molecule has 0 bridgehead atoms. The second-order valence-corrected chi connectivity index (χ2v) is 2.80. The zero-order chi connectivity index (χ0) is 8.10. The number of hydrogen-bond acceptors (Lipinski definition) is 3. The molecule has 0 unspecified atom stereocenters. The number of rotatable bonds is 4. The fourth-order valence-corrected chi connectivity index (χ4v) is 1.13. The lowest BCUT2D eigenvalue weighted by molar-refractivity contribution is 0.115. The van der Waals surface area contributed by atoms with Gasteiger partial charge in [0.05, 0.1) is 0 Å². The maximum absolute atomic E-state index is 10.4. The van der Waals surface area contributed by atoms with Crippen LogP contribution in [0.1, 0.15) is 32.6 Å². The Morgan fingerprint density at radius 1 is 1.55 bits per heavy atom. The third-order valence-electron chi connectivity index (χ3n) is 1.78. The summed E-state index contributed by atoms with van der Waals surface area (Å²) >= 11 is 0. The normalized spacial score (nSPS) is 23.0. The molecule has 1 atom stereocenters. The molecule has 0 aliphatic carbocycles. The van der Waals surface area contributed by atoms with Crippen molar-refractivity contribution in [2.75, 3.05) is 6.61 Å². The summed E-state index contributed by atoms with van der Waals surface area (Å²) in [5.41, 5.74) is 0. The predicted octanol–water partition coefficient (Wildman–Crippen LogP) is 2.10. The van der Waals surface area contributed by atoms with Crippen molar-refractivity contribution in [3.05, 3.63) is 0 Å². The van der Waals surface area contributed by atoms with E-state index in [4.69, 9.17) is 4.74 Å². The van der Waals surface area contributed by atoms with Gasteiger partial charge in [0, 0.05) is 0 Å². The van der Waals surface area contributed by atoms with Gasteiger partial charge in [0.2, 0.25) is 0 Å². The Balaban J connectivity index is 2.04. The summed E-state index contributed by atoms with van der Waals surface area (Å²) in [6.07, 6.45) is 3.98. The van der Waals surface area contributed by atoms with Gasteiger partial charge in [-0.1, -0.05) is 19.8 Å². The number of cyclic esters (lactones) is 2. The summed E-state index contributed by atoms with van der Waals surface area (Å²) in [5.74, 6) is 0. The molecule has 0 saturated carbocycles. The summed E-state index contributed by atoms with van der Waals surface area (Å²) < 4.78 is 9.48. The average Bonchev–Trinajstić information content (AvgIpc) is 2.37. The minimum Gasteiger partial charge on any atom is -0.430 e. The molecule has 0 aromatic carbocycles. The minimum atomic E-state index is -0.508. The highest BCUT2D eigenvalue weighted by atomic mass is 16.8. The van der Waals surface area contributed by atoms with Crippen LogP contribution in [-0.4, -0.2) is 18.9 Å². The molecule has 0 N–H and O–H groups in total. The van der Waals surface area contributed by atoms with E-state index < -0.39 is 6.16 Å². The average molecular weight is 158 g/mol. The molecule has 64 valence electrons. The van der Waals surface area contributed by atoms with Gasteiger partial charge in [0.15, 0.2) is 0 Å². The Bertz CT molecular complexity index is 133. The number of carbonyl (C=O) groups is 1. The smallest absolute Gasteiger partial charge is 0.430 e. The lowest BCUT2D eigenvalue weighted by Crippen LogP contribution is -2.08. The summed E-state index contributed by atoms with van der Waals surface area (Å²) in [6, 6.07) is 0. The van der Waals surface area contributed by atoms with E-state index in [9.17, 15) is 4.79 Å². The monoisotopic (exact) mass is 158 g/mol. The first kappa shape index (κ1) is 8.37. The first-order valence-electron chi connectivity index (χ1n) is 4.16. The molecular formula is C8H14O3. The zero-order valence-corrected chi connectivity index (χ0v) is 6.84. The van der Waals surface area contributed by atoms with E-state index in [2.05, 4.69) is 11.7 Å². The maximum Gasteiger partial charge on any atom is 0.508 e. The lowest BCUT2D eigenvalue weighted by Gasteiger charge is -2.03. The predicted molar refractivity (Wildman–Crippen MR) is 40.4 cm³/mol. The van der Waals surface area contributed by atoms with Crippen molar-refractivity contribution in [2.45, 2.75) is 38.7 Å². The Morgan fingerprint density at radius 3 is 2.91 bits per heavy atom.